The van der Waals surface area contributed by atoms with Gasteiger partial charge in [-0.05, 0) is 70.7 Å². The van der Waals surface area contributed by atoms with E-state index in [0.717, 1.165) is 23.3 Å². The minimum atomic E-state index is 0.0862. The minimum absolute atomic E-state index is 0.0862. The Kier molecular flexibility index (Phi) is 5.59. The summed E-state index contributed by atoms with van der Waals surface area (Å²) in [6.45, 7) is 8.95. The van der Waals surface area contributed by atoms with Crippen LogP contribution in [0.1, 0.15) is 57.3 Å². The molecule has 1 saturated heterocycles. The van der Waals surface area contributed by atoms with E-state index < -0.39 is 0 Å². The molecule has 0 aliphatic carbocycles. The molecule has 26 heavy (non-hydrogen) atoms. The van der Waals surface area contributed by atoms with Gasteiger partial charge in [0.2, 0.25) is 0 Å². The van der Waals surface area contributed by atoms with Gasteiger partial charge >= 0.3 is 0 Å². The van der Waals surface area contributed by atoms with Crippen molar-refractivity contribution in [1.29, 1.82) is 0 Å². The van der Waals surface area contributed by atoms with Crippen molar-refractivity contribution < 1.29 is 4.79 Å². The fourth-order valence-electron chi connectivity index (χ4n) is 4.39. The predicted molar refractivity (Wildman–Crippen MR) is 110 cm³/mol. The van der Waals surface area contributed by atoms with E-state index in [1.54, 1.807) is 11.8 Å². The zero-order valence-corrected chi connectivity index (χ0v) is 17.0. The molecule has 138 valence electrons. The number of Topliss-reactive ketones (excluding diaryl/α,β-unsaturated/α-hetero) is 1. The number of rotatable bonds is 5. The normalized spacial score (nSPS) is 19.2. The molecule has 1 heterocycles. The summed E-state index contributed by atoms with van der Waals surface area (Å²) < 4.78 is 0. The van der Waals surface area contributed by atoms with Crippen LogP contribution < -0.4 is 5.32 Å². The van der Waals surface area contributed by atoms with Gasteiger partial charge in [-0.25, -0.2) is 0 Å². The second-order valence-electron chi connectivity index (χ2n) is 8.73. The van der Waals surface area contributed by atoms with Gasteiger partial charge in [0.1, 0.15) is 0 Å². The van der Waals surface area contributed by atoms with Crippen LogP contribution in [0, 0.1) is 5.92 Å². The third kappa shape index (κ3) is 5.21. The van der Waals surface area contributed by atoms with Crippen LogP contribution >= 0.6 is 11.8 Å². The van der Waals surface area contributed by atoms with Gasteiger partial charge in [0.05, 0.1) is 0 Å². The SMILES string of the molecule is CC1(C)CC(CC(=O)c2ccc(Sc3ccccc3)cc2)CC(C)(C)N1. The van der Waals surface area contributed by atoms with Crippen LogP contribution in [-0.2, 0) is 0 Å². The average molecular weight is 368 g/mol. The molecule has 1 aliphatic heterocycles. The quantitative estimate of drug-likeness (QED) is 0.660. The Balaban J connectivity index is 1.63. The van der Waals surface area contributed by atoms with Crippen molar-refractivity contribution in [2.24, 2.45) is 5.92 Å². The summed E-state index contributed by atoms with van der Waals surface area (Å²) in [6.07, 6.45) is 2.73. The molecule has 3 heteroatoms. The molecular formula is C23H29NOS. The van der Waals surface area contributed by atoms with Crippen LogP contribution in [0.4, 0.5) is 0 Å². The second kappa shape index (κ2) is 7.58. The topological polar surface area (TPSA) is 29.1 Å². The summed E-state index contributed by atoms with van der Waals surface area (Å²) in [5, 5.41) is 3.69. The van der Waals surface area contributed by atoms with Crippen molar-refractivity contribution in [3.05, 3.63) is 60.2 Å². The summed E-state index contributed by atoms with van der Waals surface area (Å²) in [7, 11) is 0. The van der Waals surface area contributed by atoms with E-state index in [1.807, 2.05) is 30.3 Å². The maximum atomic E-state index is 12.8. The molecule has 1 aliphatic rings. The first kappa shape index (κ1) is 19.2. The Morgan fingerprint density at radius 3 is 2.04 bits per heavy atom. The summed E-state index contributed by atoms with van der Waals surface area (Å²) >= 11 is 1.72. The number of carbonyl (C=O) groups is 1. The molecule has 0 unspecified atom stereocenters. The van der Waals surface area contributed by atoms with Crippen molar-refractivity contribution in [3.63, 3.8) is 0 Å². The molecule has 0 saturated carbocycles. The molecule has 2 aromatic carbocycles. The highest BCUT2D eigenvalue weighted by atomic mass is 32.2. The molecule has 1 fully saturated rings. The molecule has 0 bridgehead atoms. The van der Waals surface area contributed by atoms with Gasteiger partial charge in [-0.2, -0.15) is 0 Å². The van der Waals surface area contributed by atoms with Crippen LogP contribution in [0.25, 0.3) is 0 Å². The summed E-state index contributed by atoms with van der Waals surface area (Å²) in [5.74, 6) is 0.701. The summed E-state index contributed by atoms with van der Waals surface area (Å²) in [4.78, 5) is 15.2. The number of hydrogen-bond donors (Lipinski definition) is 1. The maximum Gasteiger partial charge on any atom is 0.163 e. The molecule has 2 nitrogen and oxygen atoms in total. The smallest absolute Gasteiger partial charge is 0.163 e. The van der Waals surface area contributed by atoms with E-state index in [0.29, 0.717) is 12.3 Å². The van der Waals surface area contributed by atoms with Gasteiger partial charge in [0.15, 0.2) is 5.78 Å². The molecular weight excluding hydrogens is 338 g/mol. The number of nitrogens with one attached hydrogen (secondary N) is 1. The zero-order valence-electron chi connectivity index (χ0n) is 16.2. The standard InChI is InChI=1S/C23H29NOS/c1-22(2)15-17(16-23(3,4)24-22)14-21(25)18-10-12-20(13-11-18)26-19-8-6-5-7-9-19/h5-13,17,24H,14-16H2,1-4H3. The van der Waals surface area contributed by atoms with Crippen molar-refractivity contribution in [1.82, 2.24) is 5.32 Å². The average Bonchev–Trinajstić information content (AvgIpc) is 2.53. The maximum absolute atomic E-state index is 12.8. The first-order valence-corrected chi connectivity index (χ1v) is 10.2. The van der Waals surface area contributed by atoms with Crippen molar-refractivity contribution in [3.8, 4) is 0 Å². The van der Waals surface area contributed by atoms with Crippen molar-refractivity contribution in [2.75, 3.05) is 0 Å². The lowest BCUT2D eigenvalue weighted by Crippen LogP contribution is -2.57. The molecule has 0 amide bonds. The Labute approximate surface area is 161 Å². The molecule has 0 radical (unpaired) electrons. The van der Waals surface area contributed by atoms with Gasteiger partial charge in [-0.15, -0.1) is 0 Å². The van der Waals surface area contributed by atoms with E-state index in [4.69, 9.17) is 0 Å². The molecule has 0 aromatic heterocycles. The van der Waals surface area contributed by atoms with Crippen molar-refractivity contribution >= 4 is 17.5 Å². The first-order chi connectivity index (χ1) is 12.2. The lowest BCUT2D eigenvalue weighted by Gasteiger charge is -2.46. The summed E-state index contributed by atoms with van der Waals surface area (Å²) in [6, 6.07) is 18.4. The fraction of sp³-hybridized carbons (Fsp3) is 0.435. The number of carbonyl (C=O) groups excluding carboxylic acids is 1. The Morgan fingerprint density at radius 1 is 0.923 bits per heavy atom. The number of ketones is 1. The third-order valence-corrected chi connectivity index (χ3v) is 5.92. The van der Waals surface area contributed by atoms with Gasteiger partial charge in [-0.3, -0.25) is 4.79 Å². The highest BCUT2D eigenvalue weighted by Crippen LogP contribution is 2.35. The predicted octanol–water partition coefficient (Wildman–Crippen LogP) is 5.97. The Hall–Kier alpha value is -1.58. The molecule has 2 aromatic rings. The lowest BCUT2D eigenvalue weighted by atomic mass is 9.74. The third-order valence-electron chi connectivity index (χ3n) is 4.90. The number of hydrogen-bond acceptors (Lipinski definition) is 3. The molecule has 0 atom stereocenters. The van der Waals surface area contributed by atoms with E-state index in [1.165, 1.54) is 4.90 Å². The first-order valence-electron chi connectivity index (χ1n) is 9.38. The summed E-state index contributed by atoms with van der Waals surface area (Å²) in [5.41, 5.74) is 1.00. The second-order valence-corrected chi connectivity index (χ2v) is 9.88. The lowest BCUT2D eigenvalue weighted by molar-refractivity contribution is 0.0864. The van der Waals surface area contributed by atoms with Gasteiger partial charge < -0.3 is 5.32 Å². The van der Waals surface area contributed by atoms with Crippen LogP contribution in [-0.4, -0.2) is 16.9 Å². The van der Waals surface area contributed by atoms with Crippen LogP contribution in [0.3, 0.4) is 0 Å². The van der Waals surface area contributed by atoms with Gasteiger partial charge in [0, 0.05) is 32.9 Å². The van der Waals surface area contributed by atoms with E-state index in [9.17, 15) is 4.79 Å². The van der Waals surface area contributed by atoms with Gasteiger partial charge in [0.25, 0.3) is 0 Å². The van der Waals surface area contributed by atoms with Crippen molar-refractivity contribution in [2.45, 2.75) is 67.8 Å². The molecule has 1 N–H and O–H groups in total. The van der Waals surface area contributed by atoms with Crippen LogP contribution in [0.5, 0.6) is 0 Å². The Bertz CT molecular complexity index is 734. The molecule has 3 rings (SSSR count). The van der Waals surface area contributed by atoms with E-state index >= 15 is 0 Å². The fourth-order valence-corrected chi connectivity index (χ4v) is 5.23. The van der Waals surface area contributed by atoms with Gasteiger partial charge in [-0.1, -0.05) is 42.1 Å². The van der Waals surface area contributed by atoms with Crippen LogP contribution in [0.2, 0.25) is 0 Å². The zero-order chi connectivity index (χ0) is 18.8. The number of piperidine rings is 1. The van der Waals surface area contributed by atoms with E-state index in [-0.39, 0.29) is 16.9 Å². The highest BCUT2D eigenvalue weighted by molar-refractivity contribution is 7.99. The Morgan fingerprint density at radius 2 is 1.46 bits per heavy atom. The largest absolute Gasteiger partial charge is 0.307 e. The minimum Gasteiger partial charge on any atom is -0.307 e. The molecule has 0 spiro atoms. The highest BCUT2D eigenvalue weighted by Gasteiger charge is 2.38. The monoisotopic (exact) mass is 367 g/mol. The number of benzene rings is 2. The van der Waals surface area contributed by atoms with E-state index in [2.05, 4.69) is 57.3 Å². The van der Waals surface area contributed by atoms with Crippen LogP contribution in [0.15, 0.2) is 64.4 Å².